The predicted octanol–water partition coefficient (Wildman–Crippen LogP) is 4.74. The summed E-state index contributed by atoms with van der Waals surface area (Å²) in [5.41, 5.74) is -2.45. The third kappa shape index (κ3) is 3.88. The number of rotatable bonds is 4. The fourth-order valence-corrected chi connectivity index (χ4v) is 5.27. The number of halogens is 3. The zero-order valence-corrected chi connectivity index (χ0v) is 19.9. The molecule has 10 heteroatoms. The normalized spacial score (nSPS) is 20.9. The Morgan fingerprint density at radius 1 is 1.14 bits per heavy atom. The number of anilines is 2. The maximum atomic E-state index is 13.6. The van der Waals surface area contributed by atoms with Crippen molar-refractivity contribution in [3.05, 3.63) is 60.2 Å². The van der Waals surface area contributed by atoms with E-state index in [2.05, 4.69) is 23.8 Å². The lowest BCUT2D eigenvalue weighted by molar-refractivity contribution is -0.138. The highest BCUT2D eigenvalue weighted by Crippen LogP contribution is 2.51. The van der Waals surface area contributed by atoms with Gasteiger partial charge < -0.3 is 15.0 Å². The molecule has 36 heavy (non-hydrogen) atoms. The van der Waals surface area contributed by atoms with Crippen LogP contribution in [0.15, 0.2) is 48.9 Å². The van der Waals surface area contributed by atoms with E-state index >= 15 is 0 Å². The molecular weight excluding hydrogens is 471 g/mol. The van der Waals surface area contributed by atoms with Crippen LogP contribution in [0.4, 0.5) is 24.5 Å². The van der Waals surface area contributed by atoms with E-state index in [1.165, 1.54) is 11.0 Å². The van der Waals surface area contributed by atoms with Gasteiger partial charge in [0.15, 0.2) is 5.69 Å². The quantitative estimate of drug-likeness (QED) is 0.657. The van der Waals surface area contributed by atoms with Crippen molar-refractivity contribution >= 4 is 17.3 Å². The van der Waals surface area contributed by atoms with E-state index < -0.39 is 23.0 Å². The van der Waals surface area contributed by atoms with Crippen molar-refractivity contribution in [1.82, 2.24) is 10.3 Å². The fraction of sp³-hybridized carbons (Fsp3) is 0.423. The number of hydrogen-bond acceptors (Lipinski definition) is 6. The van der Waals surface area contributed by atoms with Gasteiger partial charge in [0.1, 0.15) is 28.8 Å². The van der Waals surface area contributed by atoms with Gasteiger partial charge in [0.05, 0.1) is 17.4 Å². The van der Waals surface area contributed by atoms with Crippen molar-refractivity contribution in [2.24, 2.45) is 0 Å². The molecule has 5 rings (SSSR count). The first-order valence-electron chi connectivity index (χ1n) is 11.9. The van der Waals surface area contributed by atoms with E-state index in [1.807, 2.05) is 24.3 Å². The molecule has 1 aromatic heterocycles. The molecule has 2 saturated heterocycles. The molecule has 1 aliphatic carbocycles. The zero-order valence-electron chi connectivity index (χ0n) is 19.9. The van der Waals surface area contributed by atoms with Crippen molar-refractivity contribution in [3.8, 4) is 11.8 Å². The van der Waals surface area contributed by atoms with Crippen molar-refractivity contribution < 1.29 is 22.7 Å². The monoisotopic (exact) mass is 497 g/mol. The number of piperidine rings is 1. The molecule has 1 aromatic carbocycles. The molecule has 2 aromatic rings. The van der Waals surface area contributed by atoms with E-state index in [-0.39, 0.29) is 23.0 Å². The summed E-state index contributed by atoms with van der Waals surface area (Å²) in [5, 5.41) is 12.4. The highest BCUT2D eigenvalue weighted by Gasteiger charge is 2.59. The molecule has 0 unspecified atom stereocenters. The van der Waals surface area contributed by atoms with Crippen molar-refractivity contribution in [2.75, 3.05) is 22.9 Å². The second-order valence-corrected chi connectivity index (χ2v) is 9.77. The average Bonchev–Trinajstić information content (AvgIpc) is 3.05. The van der Waals surface area contributed by atoms with Gasteiger partial charge in [-0.2, -0.15) is 18.4 Å². The van der Waals surface area contributed by atoms with Crippen molar-refractivity contribution in [2.45, 2.75) is 56.3 Å². The van der Waals surface area contributed by atoms with Crippen molar-refractivity contribution in [3.63, 3.8) is 0 Å². The zero-order chi connectivity index (χ0) is 25.7. The second kappa shape index (κ2) is 8.52. The van der Waals surface area contributed by atoms with E-state index in [1.54, 1.807) is 4.90 Å². The largest absolute Gasteiger partial charge is 0.487 e. The lowest BCUT2D eigenvalue weighted by atomic mass is 9.75. The Morgan fingerprint density at radius 2 is 1.81 bits per heavy atom. The summed E-state index contributed by atoms with van der Waals surface area (Å²) in [4.78, 5) is 20.3. The highest BCUT2D eigenvalue weighted by atomic mass is 19.4. The number of alkyl halides is 3. The molecule has 188 valence electrons. The number of nitriles is 1. The summed E-state index contributed by atoms with van der Waals surface area (Å²) in [6.07, 6.45) is 0.0409. The van der Waals surface area contributed by atoms with E-state index in [0.717, 1.165) is 44.6 Å². The fourth-order valence-electron chi connectivity index (χ4n) is 5.27. The number of nitrogens with zero attached hydrogens (tertiary/aromatic N) is 4. The van der Waals surface area contributed by atoms with Crippen LogP contribution in [0.2, 0.25) is 0 Å². The number of ether oxygens (including phenoxy) is 1. The summed E-state index contributed by atoms with van der Waals surface area (Å²) in [6.45, 7) is 7.95. The number of pyridine rings is 1. The van der Waals surface area contributed by atoms with Crippen molar-refractivity contribution in [1.29, 1.82) is 5.26 Å². The number of hydrogen-bond donors (Lipinski definition) is 1. The van der Waals surface area contributed by atoms with Crippen LogP contribution in [0, 0.1) is 11.3 Å². The number of benzene rings is 1. The molecule has 2 aliphatic heterocycles. The molecule has 1 amide bonds. The van der Waals surface area contributed by atoms with Gasteiger partial charge in [0, 0.05) is 5.69 Å². The Bertz CT molecular complexity index is 1240. The molecule has 0 bridgehead atoms. The predicted molar refractivity (Wildman–Crippen MR) is 127 cm³/mol. The molecule has 0 atom stereocenters. The highest BCUT2D eigenvalue weighted by molar-refractivity contribution is 6.10. The van der Waals surface area contributed by atoms with Gasteiger partial charge in [-0.15, -0.1) is 0 Å². The Balaban J connectivity index is 1.46. The summed E-state index contributed by atoms with van der Waals surface area (Å²) in [7, 11) is 0. The Kier molecular flexibility index (Phi) is 5.71. The van der Waals surface area contributed by atoms with Gasteiger partial charge in [-0.3, -0.25) is 9.69 Å². The van der Waals surface area contributed by atoms with Gasteiger partial charge in [0.2, 0.25) is 0 Å². The third-order valence-electron chi connectivity index (χ3n) is 7.39. The SMILES string of the molecule is C=C1N(c2cnc(C#N)c(C(F)(F)F)c2)C(=O)C2(CCC2)N1c1ccc(OC2(C)CCNCC2)cc1. The summed E-state index contributed by atoms with van der Waals surface area (Å²) < 4.78 is 46.9. The Hall–Kier alpha value is -3.58. The molecule has 0 radical (unpaired) electrons. The maximum Gasteiger partial charge on any atom is 0.419 e. The van der Waals surface area contributed by atoms with Crippen LogP contribution >= 0.6 is 0 Å². The molecule has 1 spiro atoms. The first kappa shape index (κ1) is 24.1. The number of carbonyl (C=O) groups excluding carboxylic acids is 1. The summed E-state index contributed by atoms with van der Waals surface area (Å²) >= 11 is 0. The molecular formula is C26H26F3N5O2. The first-order valence-corrected chi connectivity index (χ1v) is 11.9. The van der Waals surface area contributed by atoms with E-state index in [9.17, 15) is 18.0 Å². The minimum absolute atomic E-state index is 0.0658. The lowest BCUT2D eigenvalue weighted by Gasteiger charge is -2.43. The molecule has 3 aliphatic rings. The van der Waals surface area contributed by atoms with Crippen LogP contribution in [-0.4, -0.2) is 35.1 Å². The first-order chi connectivity index (χ1) is 17.1. The second-order valence-electron chi connectivity index (χ2n) is 9.77. The van der Waals surface area contributed by atoms with E-state index in [0.29, 0.717) is 24.3 Å². The van der Waals surface area contributed by atoms with Gasteiger partial charge in [-0.05, 0) is 82.4 Å². The molecule has 7 nitrogen and oxygen atoms in total. The summed E-state index contributed by atoms with van der Waals surface area (Å²) in [6, 6.07) is 9.65. The number of carbonyl (C=O) groups is 1. The van der Waals surface area contributed by atoms with Crippen LogP contribution < -0.4 is 19.9 Å². The van der Waals surface area contributed by atoms with Gasteiger partial charge in [-0.25, -0.2) is 4.98 Å². The Labute approximate surface area is 207 Å². The number of amides is 1. The van der Waals surface area contributed by atoms with E-state index in [4.69, 9.17) is 10.00 Å². The number of nitrogens with one attached hydrogen (secondary N) is 1. The van der Waals surface area contributed by atoms with Gasteiger partial charge in [-0.1, -0.05) is 6.58 Å². The topological polar surface area (TPSA) is 81.5 Å². The standard InChI is InChI=1S/C26H26F3N5O2/c1-17-33(19-14-21(26(27,28)29)22(15-30)32-16-19)23(35)25(8-3-9-25)34(17)18-4-6-20(7-5-18)36-24(2)10-12-31-13-11-24/h4-7,14,16,31H,1,3,8-13H2,2H3. The average molecular weight is 498 g/mol. The molecule has 3 heterocycles. The third-order valence-corrected chi connectivity index (χ3v) is 7.39. The Morgan fingerprint density at radius 3 is 2.36 bits per heavy atom. The minimum atomic E-state index is -4.78. The van der Waals surface area contributed by atoms with Crippen LogP contribution in [-0.2, 0) is 11.0 Å². The molecule has 1 saturated carbocycles. The van der Waals surface area contributed by atoms with Crippen LogP contribution in [0.25, 0.3) is 0 Å². The smallest absolute Gasteiger partial charge is 0.419 e. The van der Waals surface area contributed by atoms with Crippen LogP contribution in [0.3, 0.4) is 0 Å². The maximum absolute atomic E-state index is 13.6. The lowest BCUT2D eigenvalue weighted by Crippen LogP contribution is -2.54. The minimum Gasteiger partial charge on any atom is -0.487 e. The molecule has 1 N–H and O–H groups in total. The molecule has 3 fully saturated rings. The van der Waals surface area contributed by atoms with Gasteiger partial charge in [0.25, 0.3) is 5.91 Å². The summed E-state index contributed by atoms with van der Waals surface area (Å²) in [5.74, 6) is 0.615. The van der Waals surface area contributed by atoms with Crippen LogP contribution in [0.5, 0.6) is 5.75 Å². The number of aromatic nitrogens is 1. The van der Waals surface area contributed by atoms with Crippen LogP contribution in [0.1, 0.15) is 50.3 Å². The van der Waals surface area contributed by atoms with Gasteiger partial charge >= 0.3 is 6.18 Å².